The van der Waals surface area contributed by atoms with Crippen molar-refractivity contribution in [2.45, 2.75) is 12.1 Å². The first-order chi connectivity index (χ1) is 8.90. The van der Waals surface area contributed by atoms with Crippen molar-refractivity contribution in [2.24, 2.45) is 0 Å². The number of alkyl halides is 4. The largest absolute Gasteiger partial charge is 0.416 e. The first-order valence-electron chi connectivity index (χ1n) is 5.43. The van der Waals surface area contributed by atoms with E-state index in [0.717, 1.165) is 12.1 Å². The number of hydrogen-bond donors (Lipinski definition) is 0. The highest BCUT2D eigenvalue weighted by Crippen LogP contribution is 2.32. The van der Waals surface area contributed by atoms with Crippen molar-refractivity contribution < 1.29 is 17.6 Å². The zero-order valence-electron chi connectivity index (χ0n) is 9.64. The lowest BCUT2D eigenvalue weighted by Crippen LogP contribution is -2.04. The van der Waals surface area contributed by atoms with Gasteiger partial charge < -0.3 is 0 Å². The number of benzene rings is 2. The standard InChI is InChI=1S/C14H9ClF4/c15-8-9-4-11(7-13(16)5-9)10-2-1-3-12(6-10)14(17,18)19/h1-7H,8H2. The van der Waals surface area contributed by atoms with Gasteiger partial charge in [0.05, 0.1) is 5.56 Å². The van der Waals surface area contributed by atoms with Gasteiger partial charge in [-0.05, 0) is 47.0 Å². The molecule has 0 aliphatic heterocycles. The average Bonchev–Trinajstić information content (AvgIpc) is 2.37. The van der Waals surface area contributed by atoms with Gasteiger partial charge in [0, 0.05) is 5.88 Å². The Morgan fingerprint density at radius 2 is 1.68 bits per heavy atom. The minimum atomic E-state index is -4.42. The molecule has 0 aliphatic carbocycles. The molecule has 0 bridgehead atoms. The van der Waals surface area contributed by atoms with E-state index in [0.29, 0.717) is 16.7 Å². The summed E-state index contributed by atoms with van der Waals surface area (Å²) in [7, 11) is 0. The number of rotatable bonds is 2. The SMILES string of the molecule is Fc1cc(CCl)cc(-c2cccc(C(F)(F)F)c2)c1. The van der Waals surface area contributed by atoms with Crippen LogP contribution in [0.15, 0.2) is 42.5 Å². The summed E-state index contributed by atoms with van der Waals surface area (Å²) in [6, 6.07) is 8.78. The van der Waals surface area contributed by atoms with Crippen molar-refractivity contribution in [1.29, 1.82) is 0 Å². The molecular weight excluding hydrogens is 280 g/mol. The summed E-state index contributed by atoms with van der Waals surface area (Å²) in [5.41, 5.74) is 0.443. The van der Waals surface area contributed by atoms with Crippen LogP contribution in [0.2, 0.25) is 0 Å². The third kappa shape index (κ3) is 3.26. The van der Waals surface area contributed by atoms with Crippen LogP contribution in [0.3, 0.4) is 0 Å². The Kier molecular flexibility index (Phi) is 3.80. The van der Waals surface area contributed by atoms with E-state index in [-0.39, 0.29) is 5.88 Å². The van der Waals surface area contributed by atoms with Crippen LogP contribution < -0.4 is 0 Å². The maximum Gasteiger partial charge on any atom is 0.416 e. The minimum absolute atomic E-state index is 0.101. The van der Waals surface area contributed by atoms with Crippen LogP contribution in [0, 0.1) is 5.82 Å². The molecular formula is C14H9ClF4. The second kappa shape index (κ2) is 5.21. The van der Waals surface area contributed by atoms with Crippen LogP contribution in [0.5, 0.6) is 0 Å². The lowest BCUT2D eigenvalue weighted by molar-refractivity contribution is -0.137. The Hall–Kier alpha value is -1.55. The predicted molar refractivity (Wildman–Crippen MR) is 66.4 cm³/mol. The van der Waals surface area contributed by atoms with E-state index >= 15 is 0 Å². The van der Waals surface area contributed by atoms with Crippen molar-refractivity contribution in [1.82, 2.24) is 0 Å². The van der Waals surface area contributed by atoms with Crippen LogP contribution in [0.25, 0.3) is 11.1 Å². The lowest BCUT2D eigenvalue weighted by Gasteiger charge is -2.09. The second-order valence-corrected chi connectivity index (χ2v) is 4.33. The summed E-state index contributed by atoms with van der Waals surface area (Å²) in [4.78, 5) is 0. The average molecular weight is 289 g/mol. The van der Waals surface area contributed by atoms with E-state index in [1.54, 1.807) is 6.07 Å². The van der Waals surface area contributed by atoms with Crippen molar-refractivity contribution >= 4 is 11.6 Å². The van der Waals surface area contributed by atoms with Gasteiger partial charge in [0.25, 0.3) is 0 Å². The van der Waals surface area contributed by atoms with Gasteiger partial charge in [0.1, 0.15) is 5.82 Å². The fourth-order valence-corrected chi connectivity index (χ4v) is 1.92. The normalized spacial score (nSPS) is 11.6. The Morgan fingerprint density at radius 3 is 2.32 bits per heavy atom. The van der Waals surface area contributed by atoms with E-state index in [9.17, 15) is 17.6 Å². The van der Waals surface area contributed by atoms with Crippen molar-refractivity contribution in [3.05, 3.63) is 59.4 Å². The van der Waals surface area contributed by atoms with Crippen LogP contribution in [0.4, 0.5) is 17.6 Å². The van der Waals surface area contributed by atoms with Gasteiger partial charge in [0.15, 0.2) is 0 Å². The molecule has 0 amide bonds. The van der Waals surface area contributed by atoms with Crippen molar-refractivity contribution in [3.63, 3.8) is 0 Å². The smallest absolute Gasteiger partial charge is 0.207 e. The van der Waals surface area contributed by atoms with E-state index < -0.39 is 17.6 Å². The van der Waals surface area contributed by atoms with Crippen molar-refractivity contribution in [2.75, 3.05) is 0 Å². The zero-order valence-corrected chi connectivity index (χ0v) is 10.4. The molecule has 0 aromatic heterocycles. The predicted octanol–water partition coefficient (Wildman–Crippen LogP) is 5.25. The summed E-state index contributed by atoms with van der Waals surface area (Å²) in [5, 5.41) is 0. The van der Waals surface area contributed by atoms with Crippen molar-refractivity contribution in [3.8, 4) is 11.1 Å². The van der Waals surface area contributed by atoms with Gasteiger partial charge in [0.2, 0.25) is 0 Å². The molecule has 0 unspecified atom stereocenters. The summed E-state index contributed by atoms with van der Waals surface area (Å²) in [5.74, 6) is -0.422. The van der Waals surface area contributed by atoms with E-state index in [1.165, 1.54) is 24.3 Å². The highest BCUT2D eigenvalue weighted by Gasteiger charge is 2.30. The molecule has 0 nitrogen and oxygen atoms in total. The summed E-state index contributed by atoms with van der Waals surface area (Å²) in [6.45, 7) is 0. The molecule has 2 aromatic rings. The molecule has 2 rings (SSSR count). The van der Waals surface area contributed by atoms with Crippen LogP contribution in [0.1, 0.15) is 11.1 Å². The first-order valence-corrected chi connectivity index (χ1v) is 5.96. The van der Waals surface area contributed by atoms with Gasteiger partial charge in [-0.25, -0.2) is 4.39 Å². The van der Waals surface area contributed by atoms with Gasteiger partial charge >= 0.3 is 6.18 Å². The fraction of sp³-hybridized carbons (Fsp3) is 0.143. The highest BCUT2D eigenvalue weighted by molar-refractivity contribution is 6.17. The summed E-state index contributed by atoms with van der Waals surface area (Å²) in [6.07, 6.45) is -4.42. The monoisotopic (exact) mass is 288 g/mol. The molecule has 0 aliphatic rings. The topological polar surface area (TPSA) is 0 Å². The van der Waals surface area contributed by atoms with E-state index in [1.807, 2.05) is 0 Å². The molecule has 0 saturated carbocycles. The molecule has 0 atom stereocenters. The number of hydrogen-bond acceptors (Lipinski definition) is 0. The molecule has 0 radical (unpaired) electrons. The molecule has 0 heterocycles. The Balaban J connectivity index is 2.50. The Morgan fingerprint density at radius 1 is 0.947 bits per heavy atom. The van der Waals surface area contributed by atoms with E-state index in [4.69, 9.17) is 11.6 Å². The van der Waals surface area contributed by atoms with E-state index in [2.05, 4.69) is 0 Å². The van der Waals surface area contributed by atoms with Crippen LogP contribution in [-0.2, 0) is 12.1 Å². The molecule has 2 aromatic carbocycles. The molecule has 5 heteroatoms. The molecule has 19 heavy (non-hydrogen) atoms. The van der Waals surface area contributed by atoms with Gasteiger partial charge in [-0.15, -0.1) is 11.6 Å². The Bertz CT molecular complexity index is 590. The van der Waals surface area contributed by atoms with Gasteiger partial charge in [-0.3, -0.25) is 0 Å². The van der Waals surface area contributed by atoms with Gasteiger partial charge in [-0.1, -0.05) is 12.1 Å². The lowest BCUT2D eigenvalue weighted by atomic mass is 10.0. The molecule has 0 fully saturated rings. The zero-order chi connectivity index (χ0) is 14.0. The fourth-order valence-electron chi connectivity index (χ4n) is 1.77. The van der Waals surface area contributed by atoms with Crippen LogP contribution in [-0.4, -0.2) is 0 Å². The minimum Gasteiger partial charge on any atom is -0.207 e. The molecule has 0 N–H and O–H groups in total. The molecule has 100 valence electrons. The second-order valence-electron chi connectivity index (χ2n) is 4.06. The number of halogens is 5. The van der Waals surface area contributed by atoms with Gasteiger partial charge in [-0.2, -0.15) is 13.2 Å². The third-order valence-electron chi connectivity index (χ3n) is 2.64. The quantitative estimate of drug-likeness (QED) is 0.523. The molecule has 0 saturated heterocycles. The maximum absolute atomic E-state index is 13.4. The van der Waals surface area contributed by atoms with Crippen LogP contribution >= 0.6 is 11.6 Å². The maximum atomic E-state index is 13.4. The highest BCUT2D eigenvalue weighted by atomic mass is 35.5. The summed E-state index contributed by atoms with van der Waals surface area (Å²) < 4.78 is 51.2. The first kappa shape index (κ1) is 13.9. The summed E-state index contributed by atoms with van der Waals surface area (Å²) >= 11 is 5.62. The third-order valence-corrected chi connectivity index (χ3v) is 2.94. The Labute approximate surface area is 112 Å². The molecule has 0 spiro atoms.